The van der Waals surface area contributed by atoms with Crippen LogP contribution in [0.3, 0.4) is 0 Å². The second kappa shape index (κ2) is 9.57. The number of hydrogen-bond acceptors (Lipinski definition) is 6. The summed E-state index contributed by atoms with van der Waals surface area (Å²) in [7, 11) is 1.62. The summed E-state index contributed by atoms with van der Waals surface area (Å²) in [5.41, 5.74) is 1.09. The van der Waals surface area contributed by atoms with E-state index in [0.717, 1.165) is 32.9 Å². The Morgan fingerprint density at radius 2 is 2.00 bits per heavy atom. The first-order valence-electron chi connectivity index (χ1n) is 8.75. The minimum absolute atomic E-state index is 0.0841. The highest BCUT2D eigenvalue weighted by atomic mass is 32.2. The third-order valence-corrected chi connectivity index (χ3v) is 5.87. The van der Waals surface area contributed by atoms with Crippen molar-refractivity contribution in [3.63, 3.8) is 0 Å². The second-order valence-corrected chi connectivity index (χ2v) is 8.02. The molecule has 2 aromatic rings. The van der Waals surface area contributed by atoms with Crippen LogP contribution < -0.4 is 10.1 Å². The van der Waals surface area contributed by atoms with Gasteiger partial charge in [-0.3, -0.25) is 19.3 Å². The number of benzene rings is 1. The summed E-state index contributed by atoms with van der Waals surface area (Å²) in [4.78, 5) is 38.9. The minimum Gasteiger partial charge on any atom is -0.497 e. The SMILES string of the molecule is COc1ccc(CCNC(=O)CCN2C(=O)SC(=Cc3cccs3)C2=O)cc1. The number of imide groups is 1. The highest BCUT2D eigenvalue weighted by Crippen LogP contribution is 2.32. The molecule has 0 spiro atoms. The van der Waals surface area contributed by atoms with Crippen molar-refractivity contribution in [2.24, 2.45) is 0 Å². The van der Waals surface area contributed by atoms with E-state index in [4.69, 9.17) is 4.74 Å². The molecular weight excluding hydrogens is 396 g/mol. The zero-order chi connectivity index (χ0) is 19.9. The van der Waals surface area contributed by atoms with Gasteiger partial charge in [-0.15, -0.1) is 11.3 Å². The molecule has 0 atom stereocenters. The Kier molecular flexibility index (Phi) is 6.89. The van der Waals surface area contributed by atoms with Gasteiger partial charge in [-0.05, 0) is 53.4 Å². The molecule has 0 saturated carbocycles. The van der Waals surface area contributed by atoms with E-state index < -0.39 is 0 Å². The standard InChI is InChI=1S/C20H20N2O4S2/c1-26-15-6-4-14(5-7-15)8-10-21-18(23)9-11-22-19(24)17(28-20(22)25)13-16-3-2-12-27-16/h2-7,12-13H,8-11H2,1H3,(H,21,23). The first kappa shape index (κ1) is 20.2. The summed E-state index contributed by atoms with van der Waals surface area (Å²) in [5.74, 6) is 0.266. The number of nitrogens with one attached hydrogen (secondary N) is 1. The van der Waals surface area contributed by atoms with Gasteiger partial charge in [0.15, 0.2) is 0 Å². The maximum Gasteiger partial charge on any atom is 0.293 e. The minimum atomic E-state index is -0.338. The zero-order valence-electron chi connectivity index (χ0n) is 15.3. The van der Waals surface area contributed by atoms with Crippen LogP contribution in [0.25, 0.3) is 6.08 Å². The normalized spacial score (nSPS) is 15.3. The fourth-order valence-electron chi connectivity index (χ4n) is 2.64. The van der Waals surface area contributed by atoms with Crippen LogP contribution in [0.2, 0.25) is 0 Å². The van der Waals surface area contributed by atoms with Crippen molar-refractivity contribution in [1.29, 1.82) is 0 Å². The van der Waals surface area contributed by atoms with Crippen LogP contribution in [0.15, 0.2) is 46.7 Å². The Labute approximate surface area is 171 Å². The third kappa shape index (κ3) is 5.24. The number of thiophene rings is 1. The molecule has 0 bridgehead atoms. The third-order valence-electron chi connectivity index (χ3n) is 4.15. The lowest BCUT2D eigenvalue weighted by atomic mass is 10.1. The largest absolute Gasteiger partial charge is 0.497 e. The van der Waals surface area contributed by atoms with Crippen LogP contribution in [-0.4, -0.2) is 42.2 Å². The summed E-state index contributed by atoms with van der Waals surface area (Å²) in [6.07, 6.45) is 2.50. The lowest BCUT2D eigenvalue weighted by Gasteiger charge is -2.12. The van der Waals surface area contributed by atoms with E-state index in [1.54, 1.807) is 13.2 Å². The topological polar surface area (TPSA) is 75.7 Å². The Bertz CT molecular complexity index is 876. The van der Waals surface area contributed by atoms with Crippen LogP contribution in [0.1, 0.15) is 16.9 Å². The Morgan fingerprint density at radius 1 is 1.21 bits per heavy atom. The maximum absolute atomic E-state index is 12.4. The van der Waals surface area contributed by atoms with Crippen LogP contribution in [0, 0.1) is 0 Å². The number of hydrogen-bond donors (Lipinski definition) is 1. The number of carbonyl (C=O) groups is 3. The van der Waals surface area contributed by atoms with Crippen molar-refractivity contribution < 1.29 is 19.1 Å². The van der Waals surface area contributed by atoms with E-state index >= 15 is 0 Å². The second-order valence-electron chi connectivity index (χ2n) is 6.05. The fourth-order valence-corrected chi connectivity index (χ4v) is 4.22. The number of thioether (sulfide) groups is 1. The fraction of sp³-hybridized carbons (Fsp3) is 0.250. The molecular formula is C20H20N2O4S2. The van der Waals surface area contributed by atoms with Crippen molar-refractivity contribution in [2.75, 3.05) is 20.2 Å². The Hall–Kier alpha value is -2.58. The zero-order valence-corrected chi connectivity index (χ0v) is 17.0. The number of ether oxygens (including phenoxy) is 1. The van der Waals surface area contributed by atoms with Crippen LogP contribution >= 0.6 is 23.1 Å². The van der Waals surface area contributed by atoms with Crippen molar-refractivity contribution in [3.05, 3.63) is 57.1 Å². The quantitative estimate of drug-likeness (QED) is 0.666. The molecule has 1 saturated heterocycles. The number of nitrogens with zero attached hydrogens (tertiary/aromatic N) is 1. The van der Waals surface area contributed by atoms with Crippen LogP contribution in [0.4, 0.5) is 4.79 Å². The van der Waals surface area contributed by atoms with Crippen LogP contribution in [-0.2, 0) is 16.0 Å². The first-order valence-corrected chi connectivity index (χ1v) is 10.4. The average molecular weight is 417 g/mol. The van der Waals surface area contributed by atoms with Gasteiger partial charge in [0, 0.05) is 24.4 Å². The van der Waals surface area contributed by atoms with E-state index in [0.29, 0.717) is 17.9 Å². The van der Waals surface area contributed by atoms with Gasteiger partial charge in [-0.25, -0.2) is 0 Å². The van der Waals surface area contributed by atoms with Crippen LogP contribution in [0.5, 0.6) is 5.75 Å². The Balaban J connectivity index is 1.43. The molecule has 1 aliphatic heterocycles. The molecule has 28 heavy (non-hydrogen) atoms. The monoisotopic (exact) mass is 416 g/mol. The maximum atomic E-state index is 12.4. The van der Waals surface area contributed by atoms with E-state index in [2.05, 4.69) is 5.32 Å². The average Bonchev–Trinajstić information content (AvgIpc) is 3.29. The molecule has 1 aromatic heterocycles. The molecule has 3 amide bonds. The number of rotatable bonds is 8. The summed E-state index contributed by atoms with van der Waals surface area (Å²) in [6, 6.07) is 11.4. The highest BCUT2D eigenvalue weighted by molar-refractivity contribution is 8.18. The van der Waals surface area contributed by atoms with E-state index in [1.807, 2.05) is 41.8 Å². The molecule has 146 valence electrons. The van der Waals surface area contributed by atoms with Gasteiger partial charge < -0.3 is 10.1 Å². The summed E-state index contributed by atoms with van der Waals surface area (Å²) >= 11 is 2.41. The molecule has 8 heteroatoms. The van der Waals surface area contributed by atoms with Crippen molar-refractivity contribution in [2.45, 2.75) is 12.8 Å². The lowest BCUT2D eigenvalue weighted by Crippen LogP contribution is -2.34. The molecule has 0 radical (unpaired) electrons. The molecule has 1 aliphatic rings. The number of carbonyl (C=O) groups excluding carboxylic acids is 3. The van der Waals surface area contributed by atoms with Gasteiger partial charge in [-0.1, -0.05) is 18.2 Å². The van der Waals surface area contributed by atoms with Crippen molar-refractivity contribution in [3.8, 4) is 5.75 Å². The van der Waals surface area contributed by atoms with Crippen molar-refractivity contribution in [1.82, 2.24) is 10.2 Å². The number of amides is 3. The molecule has 1 aromatic carbocycles. The number of methoxy groups -OCH3 is 1. The molecule has 1 fully saturated rings. The van der Waals surface area contributed by atoms with E-state index in [1.165, 1.54) is 11.3 Å². The molecule has 0 unspecified atom stereocenters. The van der Waals surface area contributed by atoms with Gasteiger partial charge in [0.25, 0.3) is 11.1 Å². The Morgan fingerprint density at radius 3 is 2.68 bits per heavy atom. The van der Waals surface area contributed by atoms with Gasteiger partial charge in [0.2, 0.25) is 5.91 Å². The molecule has 6 nitrogen and oxygen atoms in total. The lowest BCUT2D eigenvalue weighted by molar-refractivity contribution is -0.124. The smallest absolute Gasteiger partial charge is 0.293 e. The summed E-state index contributed by atoms with van der Waals surface area (Å²) in [6.45, 7) is 0.576. The highest BCUT2D eigenvalue weighted by Gasteiger charge is 2.35. The van der Waals surface area contributed by atoms with E-state index in [-0.39, 0.29) is 30.0 Å². The first-order chi connectivity index (χ1) is 13.6. The molecule has 2 heterocycles. The summed E-state index contributed by atoms with van der Waals surface area (Å²) < 4.78 is 5.11. The molecule has 1 N–H and O–H groups in total. The molecule has 3 rings (SSSR count). The molecule has 0 aliphatic carbocycles. The van der Waals surface area contributed by atoms with Gasteiger partial charge in [0.05, 0.1) is 12.0 Å². The van der Waals surface area contributed by atoms with Crippen molar-refractivity contribution >= 4 is 46.2 Å². The van der Waals surface area contributed by atoms with Gasteiger partial charge in [0.1, 0.15) is 5.75 Å². The van der Waals surface area contributed by atoms with Gasteiger partial charge >= 0.3 is 0 Å². The van der Waals surface area contributed by atoms with Gasteiger partial charge in [-0.2, -0.15) is 0 Å². The predicted molar refractivity (Wildman–Crippen MR) is 111 cm³/mol. The predicted octanol–water partition coefficient (Wildman–Crippen LogP) is 3.54. The summed E-state index contributed by atoms with van der Waals surface area (Å²) in [5, 5.41) is 4.40. The van der Waals surface area contributed by atoms with E-state index in [9.17, 15) is 14.4 Å².